The Kier molecular flexibility index (Phi) is 3.81. The van der Waals surface area contributed by atoms with Crippen molar-refractivity contribution in [3.05, 3.63) is 29.2 Å². The van der Waals surface area contributed by atoms with Gasteiger partial charge < -0.3 is 12.4 Å². The van der Waals surface area contributed by atoms with Gasteiger partial charge in [-0.25, -0.2) is 13.6 Å². The molecule has 0 radical (unpaired) electrons. The summed E-state index contributed by atoms with van der Waals surface area (Å²) in [6.45, 7) is 0. The number of nitrogens with zero attached hydrogens (tertiary/aromatic N) is 2. The van der Waals surface area contributed by atoms with Gasteiger partial charge in [0.05, 0.1) is 0 Å². The maximum absolute atomic E-state index is 10.8. The van der Waals surface area contributed by atoms with Crippen LogP contribution in [-0.2, 0) is 10.0 Å². The number of halogens is 1. The van der Waals surface area contributed by atoms with E-state index in [1.54, 1.807) is 6.07 Å². The van der Waals surface area contributed by atoms with E-state index in [0.29, 0.717) is 0 Å². The first-order chi connectivity index (χ1) is 5.55. The van der Waals surface area contributed by atoms with Crippen molar-refractivity contribution in [1.29, 1.82) is 5.39 Å². The Morgan fingerprint density at radius 1 is 1.31 bits per heavy atom. The van der Waals surface area contributed by atoms with Crippen LogP contribution in [0.1, 0.15) is 0 Å². The van der Waals surface area contributed by atoms with Crippen LogP contribution in [0.25, 0.3) is 4.98 Å². The van der Waals surface area contributed by atoms with Gasteiger partial charge in [-0.15, -0.1) is 0 Å². The number of diazo groups is 1. The van der Waals surface area contributed by atoms with E-state index in [1.165, 1.54) is 18.2 Å². The van der Waals surface area contributed by atoms with Crippen molar-refractivity contribution in [3.63, 3.8) is 0 Å². The predicted octanol–water partition coefficient (Wildman–Crippen LogP) is -2.18. The lowest BCUT2D eigenvalue weighted by Gasteiger charge is -1.91. The summed E-state index contributed by atoms with van der Waals surface area (Å²) >= 11 is 0. The van der Waals surface area contributed by atoms with Crippen LogP contribution in [0.2, 0.25) is 0 Å². The lowest BCUT2D eigenvalue weighted by molar-refractivity contribution is -0.00000535. The highest BCUT2D eigenvalue weighted by Gasteiger charge is 2.21. The SMILES string of the molecule is N#[N+]c1ccccc1S(N)(=O)=O.[Cl-]. The fraction of sp³-hybridized carbons (Fsp3) is 0. The molecule has 0 aliphatic rings. The zero-order chi connectivity index (χ0) is 9.19. The average Bonchev–Trinajstić information content (AvgIpc) is 2.03. The van der Waals surface area contributed by atoms with Gasteiger partial charge in [0.25, 0.3) is 0 Å². The van der Waals surface area contributed by atoms with Gasteiger partial charge in [0.2, 0.25) is 15.4 Å². The van der Waals surface area contributed by atoms with Crippen molar-refractivity contribution >= 4 is 15.7 Å². The molecule has 0 spiro atoms. The Morgan fingerprint density at radius 3 is 2.23 bits per heavy atom. The van der Waals surface area contributed by atoms with E-state index >= 15 is 0 Å². The first-order valence-corrected chi connectivity index (χ1v) is 4.57. The Morgan fingerprint density at radius 2 is 1.85 bits per heavy atom. The molecule has 1 rings (SSSR count). The van der Waals surface area contributed by atoms with Gasteiger partial charge in [0.1, 0.15) is 0 Å². The number of sulfonamides is 1. The van der Waals surface area contributed by atoms with Gasteiger partial charge in [-0.2, -0.15) is 0 Å². The molecule has 0 aliphatic heterocycles. The molecule has 0 bridgehead atoms. The monoisotopic (exact) mass is 219 g/mol. The van der Waals surface area contributed by atoms with Gasteiger partial charge in [-0.3, -0.25) is 0 Å². The third-order valence-electron chi connectivity index (χ3n) is 1.28. The highest BCUT2D eigenvalue weighted by atomic mass is 35.5. The molecule has 2 N–H and O–H groups in total. The molecule has 0 fully saturated rings. The summed E-state index contributed by atoms with van der Waals surface area (Å²) in [7, 11) is -3.80. The van der Waals surface area contributed by atoms with Crippen molar-refractivity contribution in [2.45, 2.75) is 4.90 Å². The molecule has 0 unspecified atom stereocenters. The summed E-state index contributed by atoms with van der Waals surface area (Å²) in [5, 5.41) is 13.2. The van der Waals surface area contributed by atoms with Crippen LogP contribution >= 0.6 is 0 Å². The largest absolute Gasteiger partial charge is 1.00 e. The first-order valence-electron chi connectivity index (χ1n) is 3.02. The van der Waals surface area contributed by atoms with Gasteiger partial charge in [-0.05, 0) is 6.07 Å². The van der Waals surface area contributed by atoms with Crippen LogP contribution in [-0.4, -0.2) is 8.42 Å². The minimum Gasteiger partial charge on any atom is -1.00 e. The van der Waals surface area contributed by atoms with Crippen LogP contribution in [0.5, 0.6) is 0 Å². The number of primary sulfonamides is 1. The second-order valence-corrected chi connectivity index (χ2v) is 3.64. The Balaban J connectivity index is 0.00000144. The molecule has 7 heteroatoms. The summed E-state index contributed by atoms with van der Waals surface area (Å²) in [6, 6.07) is 5.66. The number of nitrogens with two attached hydrogens (primary N) is 1. The highest BCUT2D eigenvalue weighted by Crippen LogP contribution is 2.21. The van der Waals surface area contributed by atoms with E-state index in [4.69, 9.17) is 10.5 Å². The summed E-state index contributed by atoms with van der Waals surface area (Å²) < 4.78 is 21.6. The van der Waals surface area contributed by atoms with Crippen molar-refractivity contribution in [2.75, 3.05) is 0 Å². The number of hydrogen-bond acceptors (Lipinski definition) is 3. The summed E-state index contributed by atoms with van der Waals surface area (Å²) in [5.74, 6) is 0. The summed E-state index contributed by atoms with van der Waals surface area (Å²) in [6.07, 6.45) is 0. The topological polar surface area (TPSA) is 88.3 Å². The van der Waals surface area contributed by atoms with Gasteiger partial charge in [-0.1, -0.05) is 12.1 Å². The second kappa shape index (κ2) is 4.18. The molecular weight excluding hydrogens is 214 g/mol. The fourth-order valence-corrected chi connectivity index (χ4v) is 1.45. The Labute approximate surface area is 81.6 Å². The third-order valence-corrected chi connectivity index (χ3v) is 2.24. The lowest BCUT2D eigenvalue weighted by atomic mass is 10.3. The smallest absolute Gasteiger partial charge is 0.404 e. The molecule has 0 aliphatic carbocycles. The minimum atomic E-state index is -3.80. The molecule has 1 aromatic carbocycles. The van der Waals surface area contributed by atoms with E-state index in [2.05, 4.69) is 4.98 Å². The quantitative estimate of drug-likeness (QED) is 0.545. The zero-order valence-electron chi connectivity index (χ0n) is 6.38. The third kappa shape index (κ3) is 2.66. The van der Waals surface area contributed by atoms with Gasteiger partial charge in [0, 0.05) is 6.07 Å². The standard InChI is InChI=1S/C6H6N3O2S.ClH/c7-9-5-3-1-2-4-6(5)12(8,10)11;/h1-4H,(H2,8,10,11);1H/q+1;/p-1. The van der Waals surface area contributed by atoms with Crippen LogP contribution in [0, 0.1) is 5.39 Å². The maximum Gasteiger partial charge on any atom is 0.404 e. The molecule has 0 aromatic heterocycles. The molecule has 13 heavy (non-hydrogen) atoms. The fourth-order valence-electron chi connectivity index (χ4n) is 0.780. The molecular formula is C6H6ClN3O2S. The van der Waals surface area contributed by atoms with Crippen LogP contribution in [0.4, 0.5) is 5.69 Å². The number of rotatable bonds is 1. The molecule has 0 saturated heterocycles. The van der Waals surface area contributed by atoms with Gasteiger partial charge >= 0.3 is 5.69 Å². The Bertz CT molecular complexity index is 437. The minimum absolute atomic E-state index is 0. The molecule has 0 amide bonds. The molecule has 0 atom stereocenters. The number of benzene rings is 1. The van der Waals surface area contributed by atoms with Crippen molar-refractivity contribution in [3.8, 4) is 0 Å². The molecule has 0 heterocycles. The van der Waals surface area contributed by atoms with E-state index in [0.717, 1.165) is 0 Å². The van der Waals surface area contributed by atoms with Crippen molar-refractivity contribution < 1.29 is 20.8 Å². The van der Waals surface area contributed by atoms with E-state index in [-0.39, 0.29) is 23.0 Å². The molecule has 0 saturated carbocycles. The molecule has 70 valence electrons. The Hall–Kier alpha value is -1.16. The summed E-state index contributed by atoms with van der Waals surface area (Å²) in [4.78, 5) is 2.59. The van der Waals surface area contributed by atoms with E-state index in [9.17, 15) is 8.42 Å². The van der Waals surface area contributed by atoms with Crippen molar-refractivity contribution in [1.82, 2.24) is 0 Å². The second-order valence-electron chi connectivity index (χ2n) is 2.11. The highest BCUT2D eigenvalue weighted by molar-refractivity contribution is 7.89. The number of hydrogen-bond donors (Lipinski definition) is 1. The van der Waals surface area contributed by atoms with Crippen LogP contribution in [0.3, 0.4) is 0 Å². The van der Waals surface area contributed by atoms with Crippen LogP contribution < -0.4 is 17.5 Å². The van der Waals surface area contributed by atoms with Crippen LogP contribution in [0.15, 0.2) is 29.2 Å². The van der Waals surface area contributed by atoms with E-state index < -0.39 is 10.0 Å². The zero-order valence-corrected chi connectivity index (χ0v) is 7.96. The maximum atomic E-state index is 10.8. The average molecular weight is 220 g/mol. The molecule has 1 aromatic rings. The normalized spacial score (nSPS) is 9.85. The lowest BCUT2D eigenvalue weighted by Crippen LogP contribution is -3.00. The van der Waals surface area contributed by atoms with E-state index in [1.807, 2.05) is 0 Å². The summed E-state index contributed by atoms with van der Waals surface area (Å²) in [5.41, 5.74) is -0.0556. The van der Waals surface area contributed by atoms with Gasteiger partial charge in [0.15, 0.2) is 9.87 Å². The first kappa shape index (κ1) is 11.8. The predicted molar refractivity (Wildman–Crippen MR) is 42.6 cm³/mol. The molecule has 5 nitrogen and oxygen atoms in total. The van der Waals surface area contributed by atoms with Crippen molar-refractivity contribution in [2.24, 2.45) is 5.14 Å².